The second kappa shape index (κ2) is 8.31. The van der Waals surface area contributed by atoms with Crippen molar-refractivity contribution in [3.8, 4) is 0 Å². The minimum atomic E-state index is -0.440. The van der Waals surface area contributed by atoms with E-state index in [1.165, 1.54) is 16.7 Å². The van der Waals surface area contributed by atoms with Gasteiger partial charge in [0.25, 0.3) is 0 Å². The van der Waals surface area contributed by atoms with E-state index in [4.69, 9.17) is 4.74 Å². The summed E-state index contributed by atoms with van der Waals surface area (Å²) in [7, 11) is 0. The molecule has 0 spiro atoms. The molecule has 0 amide bonds. The minimum Gasteiger partial charge on any atom is -0.389 e. The van der Waals surface area contributed by atoms with Gasteiger partial charge in [-0.1, -0.05) is 32.0 Å². The first-order chi connectivity index (χ1) is 8.99. The molecule has 0 aliphatic rings. The normalized spacial score (nSPS) is 12.9. The Hall–Kier alpha value is -0.900. The van der Waals surface area contributed by atoms with Crippen LogP contribution in [0.3, 0.4) is 0 Å². The van der Waals surface area contributed by atoms with Crippen molar-refractivity contribution in [2.75, 3.05) is 19.8 Å². The number of nitrogens with one attached hydrogen (secondary N) is 1. The number of aryl methyl sites for hydroxylation is 2. The van der Waals surface area contributed by atoms with Gasteiger partial charge in [0.2, 0.25) is 0 Å². The zero-order chi connectivity index (χ0) is 14.3. The number of hydrogen-bond acceptors (Lipinski definition) is 3. The lowest BCUT2D eigenvalue weighted by molar-refractivity contribution is 0.0260. The van der Waals surface area contributed by atoms with Crippen LogP contribution in [0.15, 0.2) is 18.2 Å². The predicted octanol–water partition coefficient (Wildman–Crippen LogP) is 2.43. The summed E-state index contributed by atoms with van der Waals surface area (Å²) in [5.41, 5.74) is 3.87. The highest BCUT2D eigenvalue weighted by molar-refractivity contribution is 5.29. The fourth-order valence-corrected chi connectivity index (χ4v) is 1.80. The lowest BCUT2D eigenvalue weighted by Gasteiger charge is -2.14. The molecule has 1 rings (SSSR count). The Kier molecular flexibility index (Phi) is 7.06. The number of ether oxygens (including phenoxy) is 1. The third kappa shape index (κ3) is 6.71. The van der Waals surface area contributed by atoms with Crippen molar-refractivity contribution >= 4 is 0 Å². The second-order valence-electron chi connectivity index (χ2n) is 5.63. The number of hydrogen-bond donors (Lipinski definition) is 2. The molecule has 3 nitrogen and oxygen atoms in total. The summed E-state index contributed by atoms with van der Waals surface area (Å²) in [6, 6.07) is 6.44. The minimum absolute atomic E-state index is 0.401. The van der Waals surface area contributed by atoms with E-state index < -0.39 is 6.10 Å². The van der Waals surface area contributed by atoms with Crippen molar-refractivity contribution in [2.24, 2.45) is 5.92 Å². The zero-order valence-electron chi connectivity index (χ0n) is 12.6. The molecule has 108 valence electrons. The van der Waals surface area contributed by atoms with Crippen LogP contribution in [0.1, 0.15) is 30.5 Å². The van der Waals surface area contributed by atoms with Crippen molar-refractivity contribution < 1.29 is 9.84 Å². The predicted molar refractivity (Wildman–Crippen MR) is 79.3 cm³/mol. The van der Waals surface area contributed by atoms with Crippen LogP contribution >= 0.6 is 0 Å². The van der Waals surface area contributed by atoms with Gasteiger partial charge in [-0.05, 0) is 36.5 Å². The van der Waals surface area contributed by atoms with Crippen LogP contribution in [-0.4, -0.2) is 31.0 Å². The monoisotopic (exact) mass is 265 g/mol. The Labute approximate surface area is 117 Å². The fourth-order valence-electron chi connectivity index (χ4n) is 1.80. The van der Waals surface area contributed by atoms with Crippen LogP contribution in [0.25, 0.3) is 0 Å². The average molecular weight is 265 g/mol. The van der Waals surface area contributed by atoms with E-state index in [9.17, 15) is 5.11 Å². The van der Waals surface area contributed by atoms with E-state index in [2.05, 4.69) is 51.2 Å². The number of aliphatic hydroxyl groups excluding tert-OH is 1. The summed E-state index contributed by atoms with van der Waals surface area (Å²) in [5.74, 6) is 0.510. The fraction of sp³-hybridized carbons (Fsp3) is 0.625. The molecule has 0 heterocycles. The van der Waals surface area contributed by atoms with Gasteiger partial charge in [0.1, 0.15) is 0 Å². The first-order valence-electron chi connectivity index (χ1n) is 7.01. The van der Waals surface area contributed by atoms with Gasteiger partial charge in [-0.25, -0.2) is 0 Å². The standard InChI is InChI=1S/C16H27NO2/c1-12(2)10-19-11-16(18)9-17-8-15-6-5-13(3)14(4)7-15/h5-7,12,16-18H,8-11H2,1-4H3. The van der Waals surface area contributed by atoms with Gasteiger partial charge in [-0.3, -0.25) is 0 Å². The van der Waals surface area contributed by atoms with E-state index in [0.717, 1.165) is 6.54 Å². The van der Waals surface area contributed by atoms with Gasteiger partial charge in [0.15, 0.2) is 0 Å². The van der Waals surface area contributed by atoms with Crippen molar-refractivity contribution in [3.05, 3.63) is 34.9 Å². The molecule has 0 bridgehead atoms. The Morgan fingerprint density at radius 2 is 1.89 bits per heavy atom. The lowest BCUT2D eigenvalue weighted by atomic mass is 10.1. The number of benzene rings is 1. The SMILES string of the molecule is Cc1ccc(CNCC(O)COCC(C)C)cc1C. The Balaban J connectivity index is 2.20. The second-order valence-corrected chi connectivity index (χ2v) is 5.63. The highest BCUT2D eigenvalue weighted by Crippen LogP contribution is 2.09. The van der Waals surface area contributed by atoms with Crippen LogP contribution in [0.5, 0.6) is 0 Å². The summed E-state index contributed by atoms with van der Waals surface area (Å²) in [6.45, 7) is 10.9. The molecule has 0 aliphatic heterocycles. The van der Waals surface area contributed by atoms with Gasteiger partial charge in [-0.15, -0.1) is 0 Å². The summed E-state index contributed by atoms with van der Waals surface area (Å²) in [6.07, 6.45) is -0.440. The van der Waals surface area contributed by atoms with Gasteiger partial charge >= 0.3 is 0 Å². The van der Waals surface area contributed by atoms with Gasteiger partial charge in [0, 0.05) is 19.7 Å². The molecule has 1 aromatic carbocycles. The van der Waals surface area contributed by atoms with Crippen LogP contribution < -0.4 is 5.32 Å². The molecule has 0 aliphatic carbocycles. The smallest absolute Gasteiger partial charge is 0.0897 e. The van der Waals surface area contributed by atoms with Crippen molar-refractivity contribution in [1.82, 2.24) is 5.32 Å². The molecule has 0 aromatic heterocycles. The molecule has 3 heteroatoms. The largest absolute Gasteiger partial charge is 0.389 e. The summed E-state index contributed by atoms with van der Waals surface area (Å²) >= 11 is 0. The maximum atomic E-state index is 9.75. The molecular weight excluding hydrogens is 238 g/mol. The Bertz CT molecular complexity index is 377. The lowest BCUT2D eigenvalue weighted by Crippen LogP contribution is -2.30. The molecule has 0 radical (unpaired) electrons. The van der Waals surface area contributed by atoms with Crippen LogP contribution in [0, 0.1) is 19.8 Å². The van der Waals surface area contributed by atoms with E-state index in [1.54, 1.807) is 0 Å². The van der Waals surface area contributed by atoms with Gasteiger partial charge in [-0.2, -0.15) is 0 Å². The van der Waals surface area contributed by atoms with Crippen molar-refractivity contribution in [3.63, 3.8) is 0 Å². The molecule has 1 atom stereocenters. The quantitative estimate of drug-likeness (QED) is 0.758. The van der Waals surface area contributed by atoms with Crippen LogP contribution in [0.2, 0.25) is 0 Å². The maximum absolute atomic E-state index is 9.75. The molecule has 19 heavy (non-hydrogen) atoms. The molecule has 0 saturated heterocycles. The summed E-state index contributed by atoms with van der Waals surface area (Å²) < 4.78 is 5.40. The van der Waals surface area contributed by atoms with E-state index in [-0.39, 0.29) is 0 Å². The number of rotatable bonds is 8. The molecule has 1 unspecified atom stereocenters. The van der Waals surface area contributed by atoms with Crippen molar-refractivity contribution in [1.29, 1.82) is 0 Å². The highest BCUT2D eigenvalue weighted by atomic mass is 16.5. The molecule has 2 N–H and O–H groups in total. The third-order valence-electron chi connectivity index (χ3n) is 3.04. The van der Waals surface area contributed by atoms with Crippen molar-refractivity contribution in [2.45, 2.75) is 40.3 Å². The highest BCUT2D eigenvalue weighted by Gasteiger charge is 2.05. The first-order valence-corrected chi connectivity index (χ1v) is 7.01. The topological polar surface area (TPSA) is 41.5 Å². The zero-order valence-corrected chi connectivity index (χ0v) is 12.6. The van der Waals surface area contributed by atoms with E-state index in [1.807, 2.05) is 0 Å². The molecule has 0 fully saturated rings. The molecule has 1 aromatic rings. The average Bonchev–Trinajstić information content (AvgIpc) is 2.33. The van der Waals surface area contributed by atoms with E-state index >= 15 is 0 Å². The van der Waals surface area contributed by atoms with Crippen LogP contribution in [-0.2, 0) is 11.3 Å². The first kappa shape index (κ1) is 16.2. The van der Waals surface area contributed by atoms with Crippen LogP contribution in [0.4, 0.5) is 0 Å². The molecular formula is C16H27NO2. The Morgan fingerprint density at radius 1 is 1.16 bits per heavy atom. The van der Waals surface area contributed by atoms with E-state index in [0.29, 0.717) is 25.7 Å². The van der Waals surface area contributed by atoms with Gasteiger partial charge in [0.05, 0.1) is 12.7 Å². The third-order valence-corrected chi connectivity index (χ3v) is 3.04. The number of aliphatic hydroxyl groups is 1. The summed E-state index contributed by atoms with van der Waals surface area (Å²) in [5, 5.41) is 13.0. The van der Waals surface area contributed by atoms with Gasteiger partial charge < -0.3 is 15.2 Å². The maximum Gasteiger partial charge on any atom is 0.0897 e. The summed E-state index contributed by atoms with van der Waals surface area (Å²) in [4.78, 5) is 0. The Morgan fingerprint density at radius 3 is 2.53 bits per heavy atom. The molecule has 0 saturated carbocycles.